The number of rotatable bonds is 6. The summed E-state index contributed by atoms with van der Waals surface area (Å²) in [6.07, 6.45) is 2.33. The molecule has 7 heteroatoms. The van der Waals surface area contributed by atoms with Crippen molar-refractivity contribution in [2.75, 3.05) is 25.4 Å². The molecule has 2 heterocycles. The third-order valence-electron chi connectivity index (χ3n) is 3.01. The number of likely N-dealkylation sites (N-methyl/N-ethyl adjacent to an activating group) is 1. The van der Waals surface area contributed by atoms with Crippen molar-refractivity contribution in [3.8, 4) is 0 Å². The number of aryl methyl sites for hydroxylation is 1. The van der Waals surface area contributed by atoms with Crippen LogP contribution in [0.2, 0.25) is 0 Å². The Labute approximate surface area is 116 Å². The van der Waals surface area contributed by atoms with Gasteiger partial charge in [-0.2, -0.15) is 0 Å². The molecular weight excluding hydrogens is 266 g/mol. The molecule has 0 aromatic carbocycles. The zero-order chi connectivity index (χ0) is 13.7. The topological polar surface area (TPSA) is 68.5 Å². The summed E-state index contributed by atoms with van der Waals surface area (Å²) >= 11 is 1.28. The van der Waals surface area contributed by atoms with Gasteiger partial charge in [-0.05, 0) is 19.8 Å². The lowest BCUT2D eigenvalue weighted by Crippen LogP contribution is -2.38. The molecular formula is C12H19N3O3S. The molecule has 0 radical (unpaired) electrons. The average molecular weight is 285 g/mol. The highest BCUT2D eigenvalue weighted by atomic mass is 32.2. The SMILES string of the molecule is CCN(CC1CCCO1)C(=O)CSc1nnc(C)o1. The summed E-state index contributed by atoms with van der Waals surface area (Å²) in [6.45, 7) is 5.90. The van der Waals surface area contributed by atoms with Crippen LogP contribution in [0.1, 0.15) is 25.7 Å². The number of carbonyl (C=O) groups is 1. The van der Waals surface area contributed by atoms with E-state index < -0.39 is 0 Å². The molecule has 1 aromatic rings. The van der Waals surface area contributed by atoms with Gasteiger partial charge in [0.15, 0.2) is 0 Å². The molecule has 19 heavy (non-hydrogen) atoms. The van der Waals surface area contributed by atoms with Gasteiger partial charge in [-0.3, -0.25) is 4.79 Å². The van der Waals surface area contributed by atoms with Gasteiger partial charge >= 0.3 is 0 Å². The van der Waals surface area contributed by atoms with Gasteiger partial charge in [0.2, 0.25) is 11.8 Å². The minimum Gasteiger partial charge on any atom is -0.416 e. The normalized spacial score (nSPS) is 18.7. The first-order chi connectivity index (χ1) is 9.19. The van der Waals surface area contributed by atoms with E-state index in [4.69, 9.17) is 9.15 Å². The van der Waals surface area contributed by atoms with Crippen molar-refractivity contribution in [1.29, 1.82) is 0 Å². The van der Waals surface area contributed by atoms with Gasteiger partial charge < -0.3 is 14.1 Å². The lowest BCUT2D eigenvalue weighted by Gasteiger charge is -2.23. The molecule has 1 aliphatic heterocycles. The number of amides is 1. The highest BCUT2D eigenvalue weighted by molar-refractivity contribution is 7.99. The number of hydrogen-bond donors (Lipinski definition) is 0. The molecule has 0 aliphatic carbocycles. The Balaban J connectivity index is 1.79. The summed E-state index contributed by atoms with van der Waals surface area (Å²) in [5, 5.41) is 8.03. The van der Waals surface area contributed by atoms with Crippen LogP contribution in [0.25, 0.3) is 0 Å². The zero-order valence-electron chi connectivity index (χ0n) is 11.3. The number of nitrogens with zero attached hydrogens (tertiary/aromatic N) is 3. The van der Waals surface area contributed by atoms with E-state index in [1.54, 1.807) is 6.92 Å². The maximum Gasteiger partial charge on any atom is 0.277 e. The van der Waals surface area contributed by atoms with Crippen LogP contribution in [0.4, 0.5) is 0 Å². The van der Waals surface area contributed by atoms with Crippen molar-refractivity contribution in [3.63, 3.8) is 0 Å². The van der Waals surface area contributed by atoms with Gasteiger partial charge in [-0.1, -0.05) is 11.8 Å². The summed E-state index contributed by atoms with van der Waals surface area (Å²) in [5.41, 5.74) is 0. The van der Waals surface area contributed by atoms with E-state index in [0.717, 1.165) is 19.4 Å². The molecule has 0 saturated carbocycles. The lowest BCUT2D eigenvalue weighted by molar-refractivity contribution is -0.129. The largest absolute Gasteiger partial charge is 0.416 e. The second-order valence-corrected chi connectivity index (χ2v) is 5.37. The molecule has 1 amide bonds. The standard InChI is InChI=1S/C12H19N3O3S/c1-3-15(7-10-5-4-6-17-10)11(16)8-19-12-14-13-9(2)18-12/h10H,3-8H2,1-2H3. The fourth-order valence-corrected chi connectivity index (χ4v) is 2.70. The molecule has 2 rings (SSSR count). The zero-order valence-corrected chi connectivity index (χ0v) is 12.1. The van der Waals surface area contributed by atoms with E-state index in [1.807, 2.05) is 11.8 Å². The Morgan fingerprint density at radius 3 is 2.95 bits per heavy atom. The second-order valence-electron chi connectivity index (χ2n) is 4.44. The van der Waals surface area contributed by atoms with Crippen LogP contribution in [0.3, 0.4) is 0 Å². The van der Waals surface area contributed by atoms with Gasteiger partial charge in [0, 0.05) is 26.6 Å². The average Bonchev–Trinajstić information content (AvgIpc) is 3.04. The molecule has 1 unspecified atom stereocenters. The van der Waals surface area contributed by atoms with E-state index in [-0.39, 0.29) is 12.0 Å². The van der Waals surface area contributed by atoms with Crippen LogP contribution in [0.5, 0.6) is 0 Å². The molecule has 1 aliphatic rings. The van der Waals surface area contributed by atoms with Crippen LogP contribution in [0.15, 0.2) is 9.64 Å². The Bertz CT molecular complexity index is 418. The first-order valence-corrected chi connectivity index (χ1v) is 7.50. The molecule has 6 nitrogen and oxygen atoms in total. The molecule has 106 valence electrons. The van der Waals surface area contributed by atoms with Gasteiger partial charge in [-0.15, -0.1) is 10.2 Å². The van der Waals surface area contributed by atoms with E-state index in [2.05, 4.69) is 10.2 Å². The highest BCUT2D eigenvalue weighted by Gasteiger charge is 2.21. The quantitative estimate of drug-likeness (QED) is 0.738. The summed E-state index contributed by atoms with van der Waals surface area (Å²) in [6, 6.07) is 0. The van der Waals surface area contributed by atoms with E-state index in [1.165, 1.54) is 11.8 Å². The Kier molecular flexibility index (Phi) is 5.21. The Hall–Kier alpha value is -1.08. The van der Waals surface area contributed by atoms with E-state index in [0.29, 0.717) is 30.0 Å². The lowest BCUT2D eigenvalue weighted by atomic mass is 10.2. The predicted octanol–water partition coefficient (Wildman–Crippen LogP) is 1.50. The monoisotopic (exact) mass is 285 g/mol. The molecule has 1 fully saturated rings. The van der Waals surface area contributed by atoms with Crippen LogP contribution in [-0.2, 0) is 9.53 Å². The first-order valence-electron chi connectivity index (χ1n) is 6.51. The number of ether oxygens (including phenoxy) is 1. The van der Waals surface area contributed by atoms with Gasteiger partial charge in [-0.25, -0.2) is 0 Å². The Morgan fingerprint density at radius 1 is 1.53 bits per heavy atom. The Morgan fingerprint density at radius 2 is 2.37 bits per heavy atom. The van der Waals surface area contributed by atoms with Crippen molar-refractivity contribution in [2.45, 2.75) is 38.0 Å². The van der Waals surface area contributed by atoms with Gasteiger partial charge in [0.25, 0.3) is 5.22 Å². The van der Waals surface area contributed by atoms with Crippen LogP contribution >= 0.6 is 11.8 Å². The first kappa shape index (κ1) is 14.3. The van der Waals surface area contributed by atoms with Crippen molar-refractivity contribution >= 4 is 17.7 Å². The third kappa shape index (κ3) is 4.21. The molecule has 1 aromatic heterocycles. The van der Waals surface area contributed by atoms with Gasteiger partial charge in [0.05, 0.1) is 11.9 Å². The summed E-state index contributed by atoms with van der Waals surface area (Å²) in [7, 11) is 0. The van der Waals surface area contributed by atoms with Crippen molar-refractivity contribution < 1.29 is 13.9 Å². The second kappa shape index (κ2) is 6.91. The number of hydrogen-bond acceptors (Lipinski definition) is 6. The molecule has 0 N–H and O–H groups in total. The van der Waals surface area contributed by atoms with Crippen molar-refractivity contribution in [2.24, 2.45) is 0 Å². The highest BCUT2D eigenvalue weighted by Crippen LogP contribution is 2.18. The summed E-state index contributed by atoms with van der Waals surface area (Å²) in [4.78, 5) is 13.9. The van der Waals surface area contributed by atoms with Crippen LogP contribution < -0.4 is 0 Å². The van der Waals surface area contributed by atoms with E-state index >= 15 is 0 Å². The molecule has 0 bridgehead atoms. The van der Waals surface area contributed by atoms with Crippen molar-refractivity contribution in [3.05, 3.63) is 5.89 Å². The summed E-state index contributed by atoms with van der Waals surface area (Å²) in [5.74, 6) is 0.919. The third-order valence-corrected chi connectivity index (χ3v) is 3.81. The number of thioether (sulfide) groups is 1. The summed E-state index contributed by atoms with van der Waals surface area (Å²) < 4.78 is 10.8. The predicted molar refractivity (Wildman–Crippen MR) is 71.0 cm³/mol. The fourth-order valence-electron chi connectivity index (χ4n) is 1.99. The fraction of sp³-hybridized carbons (Fsp3) is 0.750. The molecule has 1 atom stereocenters. The van der Waals surface area contributed by atoms with Crippen molar-refractivity contribution in [1.82, 2.24) is 15.1 Å². The van der Waals surface area contributed by atoms with E-state index in [9.17, 15) is 4.79 Å². The minimum absolute atomic E-state index is 0.0823. The number of carbonyl (C=O) groups excluding carboxylic acids is 1. The van der Waals surface area contributed by atoms with Crippen LogP contribution in [-0.4, -0.2) is 52.6 Å². The minimum atomic E-state index is 0.0823. The van der Waals surface area contributed by atoms with Crippen LogP contribution in [0, 0.1) is 6.92 Å². The van der Waals surface area contributed by atoms with Gasteiger partial charge in [0.1, 0.15) is 0 Å². The smallest absolute Gasteiger partial charge is 0.277 e. The molecule has 1 saturated heterocycles. The number of aromatic nitrogens is 2. The molecule has 0 spiro atoms. The maximum atomic E-state index is 12.1. The maximum absolute atomic E-state index is 12.1.